The fourth-order valence-electron chi connectivity index (χ4n) is 5.83. The minimum atomic E-state index is -0.495. The van der Waals surface area contributed by atoms with E-state index in [1.54, 1.807) is 20.3 Å². The van der Waals surface area contributed by atoms with Gasteiger partial charge in [0, 0.05) is 28.0 Å². The predicted molar refractivity (Wildman–Crippen MR) is 193 cm³/mol. The maximum Gasteiger partial charge on any atom is 0.344 e. The molecule has 0 aliphatic carbocycles. The van der Waals surface area contributed by atoms with Crippen molar-refractivity contribution in [1.29, 1.82) is 0 Å². The lowest BCUT2D eigenvalue weighted by atomic mass is 9.93. The van der Waals surface area contributed by atoms with Crippen LogP contribution >= 0.6 is 0 Å². The molecule has 0 N–H and O–H groups in total. The Morgan fingerprint density at radius 3 is 1.25 bits per heavy atom. The molecule has 5 aromatic carbocycles. The Balaban J connectivity index is 1.52. The van der Waals surface area contributed by atoms with Crippen LogP contribution in [-0.4, -0.2) is 14.2 Å². The standard InChI is InChI=1S/C42H30O6/c1-45-31-19-13-27(14-20-31)17-23-33-35-25-36-34(24-18-28-15-21-32(46-2)22-16-28)40(30-11-7-4-8-12-30)42(44)48-38(36)26-37(35)47-41(43)39(33)29-9-5-3-6-10-29/h3-26H,1-2H3/b23-17+,24-18+. The van der Waals surface area contributed by atoms with Crippen molar-refractivity contribution in [2.24, 2.45) is 0 Å². The van der Waals surface area contributed by atoms with Gasteiger partial charge in [-0.25, -0.2) is 9.59 Å². The van der Waals surface area contributed by atoms with Gasteiger partial charge in [-0.2, -0.15) is 0 Å². The first-order chi connectivity index (χ1) is 23.5. The molecule has 2 heterocycles. The molecule has 0 atom stereocenters. The predicted octanol–water partition coefficient (Wildman–Crippen LogP) is 9.59. The Labute approximate surface area is 276 Å². The molecule has 0 amide bonds. The zero-order valence-corrected chi connectivity index (χ0v) is 26.3. The zero-order chi connectivity index (χ0) is 33.0. The molecule has 234 valence electrons. The molecule has 0 aliphatic rings. The van der Waals surface area contributed by atoms with Gasteiger partial charge in [-0.15, -0.1) is 0 Å². The van der Waals surface area contributed by atoms with E-state index < -0.39 is 11.3 Å². The zero-order valence-electron chi connectivity index (χ0n) is 26.3. The van der Waals surface area contributed by atoms with E-state index in [-0.39, 0.29) is 0 Å². The highest BCUT2D eigenvalue weighted by atomic mass is 16.5. The monoisotopic (exact) mass is 630 g/mol. The van der Waals surface area contributed by atoms with E-state index in [1.165, 1.54) is 0 Å². The Kier molecular flexibility index (Phi) is 8.29. The van der Waals surface area contributed by atoms with Gasteiger partial charge in [0.25, 0.3) is 0 Å². The second-order valence-corrected chi connectivity index (χ2v) is 11.1. The van der Waals surface area contributed by atoms with Crippen LogP contribution in [0.2, 0.25) is 0 Å². The van der Waals surface area contributed by atoms with Gasteiger partial charge < -0.3 is 18.3 Å². The van der Waals surface area contributed by atoms with Crippen LogP contribution in [0.4, 0.5) is 0 Å². The second kappa shape index (κ2) is 13.1. The van der Waals surface area contributed by atoms with Gasteiger partial charge in [0.05, 0.1) is 25.3 Å². The van der Waals surface area contributed by atoms with Crippen LogP contribution in [0.25, 0.3) is 68.5 Å². The molecule has 7 rings (SSSR count). The third-order valence-electron chi connectivity index (χ3n) is 8.26. The molecule has 0 unspecified atom stereocenters. The van der Waals surface area contributed by atoms with E-state index >= 15 is 0 Å². The first-order valence-corrected chi connectivity index (χ1v) is 15.4. The SMILES string of the molecule is COc1ccc(/C=C/c2c(-c3ccccc3)c(=O)oc3cc4oc(=O)c(-c5ccccc5)c(/C=C/c5ccc(OC)cc5)c4cc23)cc1. The fraction of sp³-hybridized carbons (Fsp3) is 0.0476. The number of hydrogen-bond acceptors (Lipinski definition) is 6. The molecule has 6 heteroatoms. The van der Waals surface area contributed by atoms with Crippen LogP contribution in [0.1, 0.15) is 22.3 Å². The van der Waals surface area contributed by atoms with Crippen LogP contribution in [0.15, 0.2) is 140 Å². The molecule has 0 bridgehead atoms. The Bertz CT molecular complexity index is 2250. The van der Waals surface area contributed by atoms with Gasteiger partial charge in [-0.3, -0.25) is 0 Å². The molecule has 6 nitrogen and oxygen atoms in total. The Hall–Kier alpha value is -6.40. The Morgan fingerprint density at radius 2 is 0.875 bits per heavy atom. The summed E-state index contributed by atoms with van der Waals surface area (Å²) >= 11 is 0. The first-order valence-electron chi connectivity index (χ1n) is 15.4. The van der Waals surface area contributed by atoms with Crippen molar-refractivity contribution in [2.45, 2.75) is 0 Å². The third kappa shape index (κ3) is 5.95. The molecular formula is C42H30O6. The second-order valence-electron chi connectivity index (χ2n) is 11.1. The van der Waals surface area contributed by atoms with Gasteiger partial charge in [0.2, 0.25) is 0 Å². The minimum Gasteiger partial charge on any atom is -0.497 e. The maximum atomic E-state index is 13.6. The number of fused-ring (bicyclic) bond motifs is 2. The Morgan fingerprint density at radius 1 is 0.479 bits per heavy atom. The van der Waals surface area contributed by atoms with Crippen molar-refractivity contribution in [3.05, 3.63) is 164 Å². The van der Waals surface area contributed by atoms with Crippen LogP contribution < -0.4 is 20.7 Å². The van der Waals surface area contributed by atoms with Gasteiger partial charge >= 0.3 is 11.3 Å². The highest BCUT2D eigenvalue weighted by molar-refractivity contribution is 6.06. The van der Waals surface area contributed by atoms with Crippen molar-refractivity contribution < 1.29 is 18.3 Å². The smallest absolute Gasteiger partial charge is 0.344 e. The van der Waals surface area contributed by atoms with Crippen molar-refractivity contribution in [2.75, 3.05) is 14.2 Å². The summed E-state index contributed by atoms with van der Waals surface area (Å²) in [6.07, 6.45) is 7.77. The van der Waals surface area contributed by atoms with E-state index in [4.69, 9.17) is 18.3 Å². The van der Waals surface area contributed by atoms with E-state index in [0.717, 1.165) is 33.8 Å². The molecule has 2 aromatic heterocycles. The normalized spacial score (nSPS) is 11.5. The van der Waals surface area contributed by atoms with E-state index in [2.05, 4.69) is 0 Å². The molecule has 0 aliphatic heterocycles. The van der Waals surface area contributed by atoms with Gasteiger partial charge in [0.15, 0.2) is 0 Å². The summed E-state index contributed by atoms with van der Waals surface area (Å²) in [7, 11) is 3.25. The summed E-state index contributed by atoms with van der Waals surface area (Å²) in [5.74, 6) is 1.50. The lowest BCUT2D eigenvalue weighted by molar-refractivity contribution is 0.414. The van der Waals surface area contributed by atoms with Crippen molar-refractivity contribution in [3.63, 3.8) is 0 Å². The third-order valence-corrected chi connectivity index (χ3v) is 8.26. The number of ether oxygens (including phenoxy) is 2. The lowest BCUT2D eigenvalue weighted by Crippen LogP contribution is -2.08. The summed E-state index contributed by atoms with van der Waals surface area (Å²) in [5, 5.41) is 1.38. The maximum absolute atomic E-state index is 13.6. The minimum absolute atomic E-state index is 0.308. The average Bonchev–Trinajstić information content (AvgIpc) is 3.13. The molecule has 7 aromatic rings. The highest BCUT2D eigenvalue weighted by Crippen LogP contribution is 2.36. The number of methoxy groups -OCH3 is 2. The summed E-state index contributed by atoms with van der Waals surface area (Å²) < 4.78 is 22.5. The van der Waals surface area contributed by atoms with Crippen LogP contribution in [0.5, 0.6) is 11.5 Å². The van der Waals surface area contributed by atoms with Gasteiger partial charge in [-0.1, -0.05) is 109 Å². The molecule has 0 saturated carbocycles. The van der Waals surface area contributed by atoms with Crippen LogP contribution in [0.3, 0.4) is 0 Å². The molecular weight excluding hydrogens is 600 g/mol. The largest absolute Gasteiger partial charge is 0.497 e. The van der Waals surface area contributed by atoms with E-state index in [0.29, 0.717) is 44.2 Å². The van der Waals surface area contributed by atoms with Crippen LogP contribution in [0, 0.1) is 0 Å². The van der Waals surface area contributed by atoms with Gasteiger partial charge in [0.1, 0.15) is 22.7 Å². The summed E-state index contributed by atoms with van der Waals surface area (Å²) in [4.78, 5) is 27.3. The quantitative estimate of drug-likeness (QED) is 0.123. The molecule has 0 fully saturated rings. The first kappa shape index (κ1) is 30.3. The van der Waals surface area contributed by atoms with Crippen molar-refractivity contribution in [1.82, 2.24) is 0 Å². The van der Waals surface area contributed by atoms with Crippen molar-refractivity contribution in [3.8, 4) is 33.8 Å². The summed E-state index contributed by atoms with van der Waals surface area (Å²) in [6, 6.07) is 37.8. The number of benzene rings is 5. The van der Waals surface area contributed by atoms with Gasteiger partial charge in [-0.05, 0) is 52.6 Å². The molecule has 48 heavy (non-hydrogen) atoms. The summed E-state index contributed by atoms with van der Waals surface area (Å²) in [6.45, 7) is 0. The lowest BCUT2D eigenvalue weighted by Gasteiger charge is -2.13. The topological polar surface area (TPSA) is 78.9 Å². The number of hydrogen-bond donors (Lipinski definition) is 0. The number of rotatable bonds is 8. The van der Waals surface area contributed by atoms with Crippen LogP contribution in [-0.2, 0) is 0 Å². The van der Waals surface area contributed by atoms with E-state index in [9.17, 15) is 9.59 Å². The van der Waals surface area contributed by atoms with E-state index in [1.807, 2.05) is 140 Å². The highest BCUT2D eigenvalue weighted by Gasteiger charge is 2.20. The van der Waals surface area contributed by atoms with Crippen molar-refractivity contribution >= 4 is 46.2 Å². The molecule has 0 spiro atoms. The molecule has 0 radical (unpaired) electrons. The fourth-order valence-corrected chi connectivity index (χ4v) is 5.83. The molecule has 0 saturated heterocycles. The average molecular weight is 631 g/mol. The summed E-state index contributed by atoms with van der Waals surface area (Å²) in [5.41, 5.74) is 5.17.